The molecule has 0 radical (unpaired) electrons. The number of hydrogen-bond donors (Lipinski definition) is 6. The van der Waals surface area contributed by atoms with Gasteiger partial charge in [-0.05, 0) is 12.8 Å². The number of hydrogen-bond acceptors (Lipinski definition) is 8. The van der Waals surface area contributed by atoms with Crippen molar-refractivity contribution in [1.82, 2.24) is 5.32 Å². The first kappa shape index (κ1) is 80.2. The predicted molar refractivity (Wildman–Crippen MR) is 355 cm³/mol. The average Bonchev–Trinajstić information content (AvgIpc) is 3.60. The number of carbonyl (C=O) groups excluding carboxylic acids is 1. The molecule has 1 heterocycles. The largest absolute Gasteiger partial charge is 0.394 e. The zero-order valence-corrected chi connectivity index (χ0v) is 55.8. The molecular formula is C74H147NO8. The number of aliphatic hydroxyl groups excluding tert-OH is 5. The standard InChI is InChI=1S/C74H147NO8/c1-3-5-7-9-11-13-15-17-19-21-23-25-27-29-31-33-35-37-39-41-43-45-47-49-51-53-55-57-59-61-63-68(77)67(66-82-74-73(81)72(80)71(79)69(65-76)83-74)75-70(78)64-62-60-58-56-54-52-50-48-46-44-42-40-38-36-34-32-30-28-26-24-22-20-18-16-14-12-10-8-6-4-2/h67-69,71-74,76-77,79-81H,3-66H2,1-2H3,(H,75,78). The summed E-state index contributed by atoms with van der Waals surface area (Å²) in [5.74, 6) is -0.132. The molecule has 0 aliphatic carbocycles. The van der Waals surface area contributed by atoms with Crippen molar-refractivity contribution in [3.8, 4) is 0 Å². The van der Waals surface area contributed by atoms with Gasteiger partial charge in [0, 0.05) is 6.42 Å². The number of carbonyl (C=O) groups is 1. The number of ether oxygens (including phenoxy) is 2. The summed E-state index contributed by atoms with van der Waals surface area (Å²) in [6.45, 7) is 3.92. The van der Waals surface area contributed by atoms with Crippen LogP contribution in [0.15, 0.2) is 0 Å². The third kappa shape index (κ3) is 52.8. The molecule has 1 fully saturated rings. The fraction of sp³-hybridized carbons (Fsp3) is 0.986. The van der Waals surface area contributed by atoms with Crippen LogP contribution < -0.4 is 5.32 Å². The molecule has 0 aromatic rings. The molecule has 0 bridgehead atoms. The van der Waals surface area contributed by atoms with E-state index in [1.807, 2.05) is 0 Å². The number of nitrogens with one attached hydrogen (secondary N) is 1. The van der Waals surface area contributed by atoms with Gasteiger partial charge in [0.15, 0.2) is 6.29 Å². The van der Waals surface area contributed by atoms with Crippen molar-refractivity contribution in [2.75, 3.05) is 13.2 Å². The molecule has 0 aromatic carbocycles. The van der Waals surface area contributed by atoms with Gasteiger partial charge in [-0.3, -0.25) is 4.79 Å². The molecule has 0 spiro atoms. The minimum absolute atomic E-state index is 0.130. The van der Waals surface area contributed by atoms with Gasteiger partial charge in [-0.25, -0.2) is 0 Å². The summed E-state index contributed by atoms with van der Waals surface area (Å²) in [6, 6.07) is -0.716. The molecule has 0 aromatic heterocycles. The smallest absolute Gasteiger partial charge is 0.220 e. The summed E-state index contributed by atoms with van der Waals surface area (Å²) in [4.78, 5) is 13.2. The molecule has 0 saturated carbocycles. The number of rotatable bonds is 68. The zero-order chi connectivity index (χ0) is 60.0. The molecule has 83 heavy (non-hydrogen) atoms. The fourth-order valence-corrected chi connectivity index (χ4v) is 12.8. The third-order valence-corrected chi connectivity index (χ3v) is 18.7. The van der Waals surface area contributed by atoms with E-state index in [1.165, 1.54) is 347 Å². The van der Waals surface area contributed by atoms with Crippen LogP contribution in [-0.4, -0.2) is 87.5 Å². The molecule has 7 atom stereocenters. The molecule has 1 amide bonds. The van der Waals surface area contributed by atoms with E-state index in [9.17, 15) is 30.3 Å². The van der Waals surface area contributed by atoms with E-state index in [-0.39, 0.29) is 12.5 Å². The van der Waals surface area contributed by atoms with Gasteiger partial charge in [0.1, 0.15) is 24.4 Å². The van der Waals surface area contributed by atoms with Crippen LogP contribution in [0, 0.1) is 0 Å². The Labute approximate surface area is 516 Å². The monoisotopic (exact) mass is 1180 g/mol. The van der Waals surface area contributed by atoms with Gasteiger partial charge in [0.05, 0.1) is 25.4 Å². The SMILES string of the molecule is CCCCCCCCCCCCCCCCCCCCCCCCCCCCCCCCC(=O)NC(COC1OC(CO)C(O)C(O)C1O)C(O)CCCCCCCCCCCCCCCCCCCCCCCCCCCCCCCC. The minimum Gasteiger partial charge on any atom is -0.394 e. The highest BCUT2D eigenvalue weighted by Gasteiger charge is 2.44. The Morgan fingerprint density at radius 1 is 0.361 bits per heavy atom. The lowest BCUT2D eigenvalue weighted by molar-refractivity contribution is -0.302. The maximum Gasteiger partial charge on any atom is 0.220 e. The Morgan fingerprint density at radius 3 is 0.855 bits per heavy atom. The second-order valence-electron chi connectivity index (χ2n) is 26.8. The Hall–Kier alpha value is -0.810. The summed E-state index contributed by atoms with van der Waals surface area (Å²) in [5.41, 5.74) is 0. The van der Waals surface area contributed by atoms with Gasteiger partial charge in [-0.2, -0.15) is 0 Å². The lowest BCUT2D eigenvalue weighted by Crippen LogP contribution is -2.60. The second kappa shape index (κ2) is 64.2. The predicted octanol–water partition coefficient (Wildman–Crippen LogP) is 20.9. The Bertz CT molecular complexity index is 1270. The molecule has 1 rings (SSSR count). The number of amides is 1. The first-order valence-electron chi connectivity index (χ1n) is 37.7. The minimum atomic E-state index is -1.55. The summed E-state index contributed by atoms with van der Waals surface area (Å²) in [6.07, 6.45) is 74.8. The van der Waals surface area contributed by atoms with Crippen molar-refractivity contribution < 1.29 is 39.8 Å². The van der Waals surface area contributed by atoms with Crippen LogP contribution in [0.25, 0.3) is 0 Å². The van der Waals surface area contributed by atoms with Crippen molar-refractivity contribution >= 4 is 5.91 Å². The van der Waals surface area contributed by atoms with E-state index in [2.05, 4.69) is 19.2 Å². The molecule has 496 valence electrons. The highest BCUT2D eigenvalue weighted by Crippen LogP contribution is 2.24. The second-order valence-corrected chi connectivity index (χ2v) is 26.8. The Balaban J connectivity index is 2.06. The average molecular weight is 1180 g/mol. The van der Waals surface area contributed by atoms with Crippen molar-refractivity contribution in [1.29, 1.82) is 0 Å². The van der Waals surface area contributed by atoms with Crippen LogP contribution in [0.3, 0.4) is 0 Å². The highest BCUT2D eigenvalue weighted by molar-refractivity contribution is 5.76. The van der Waals surface area contributed by atoms with E-state index >= 15 is 0 Å². The third-order valence-electron chi connectivity index (χ3n) is 18.7. The lowest BCUT2D eigenvalue weighted by atomic mass is 9.99. The van der Waals surface area contributed by atoms with E-state index in [0.717, 1.165) is 38.5 Å². The molecule has 6 N–H and O–H groups in total. The molecule has 1 aliphatic heterocycles. The van der Waals surface area contributed by atoms with E-state index in [4.69, 9.17) is 9.47 Å². The van der Waals surface area contributed by atoms with Crippen LogP contribution in [0.4, 0.5) is 0 Å². The molecule has 9 nitrogen and oxygen atoms in total. The van der Waals surface area contributed by atoms with E-state index in [0.29, 0.717) is 12.8 Å². The van der Waals surface area contributed by atoms with E-state index < -0.39 is 49.5 Å². The summed E-state index contributed by atoms with van der Waals surface area (Å²) >= 11 is 0. The summed E-state index contributed by atoms with van der Waals surface area (Å²) in [7, 11) is 0. The van der Waals surface area contributed by atoms with Crippen LogP contribution in [0.1, 0.15) is 412 Å². The highest BCUT2D eigenvalue weighted by atomic mass is 16.7. The molecule has 1 saturated heterocycles. The molecule has 7 unspecified atom stereocenters. The van der Waals surface area contributed by atoms with Gasteiger partial charge in [-0.1, -0.05) is 393 Å². The first-order chi connectivity index (χ1) is 40.8. The lowest BCUT2D eigenvalue weighted by Gasteiger charge is -2.40. The van der Waals surface area contributed by atoms with Crippen molar-refractivity contribution in [2.45, 2.75) is 455 Å². The van der Waals surface area contributed by atoms with Crippen LogP contribution >= 0.6 is 0 Å². The van der Waals surface area contributed by atoms with Crippen molar-refractivity contribution in [2.24, 2.45) is 0 Å². The van der Waals surface area contributed by atoms with Crippen LogP contribution in [-0.2, 0) is 14.3 Å². The molecule has 1 aliphatic rings. The molecule has 9 heteroatoms. The van der Waals surface area contributed by atoms with E-state index in [1.54, 1.807) is 0 Å². The number of aliphatic hydroxyl groups is 5. The summed E-state index contributed by atoms with van der Waals surface area (Å²) in [5, 5.41) is 55.0. The van der Waals surface area contributed by atoms with Gasteiger partial charge in [0.25, 0.3) is 0 Å². The Kier molecular flexibility index (Phi) is 62.0. The summed E-state index contributed by atoms with van der Waals surface area (Å²) < 4.78 is 11.4. The maximum absolute atomic E-state index is 13.2. The zero-order valence-electron chi connectivity index (χ0n) is 55.8. The van der Waals surface area contributed by atoms with Gasteiger partial charge in [-0.15, -0.1) is 0 Å². The van der Waals surface area contributed by atoms with Crippen molar-refractivity contribution in [3.63, 3.8) is 0 Å². The quantitative estimate of drug-likeness (QED) is 0.0330. The normalized spacial score (nSPS) is 18.1. The van der Waals surface area contributed by atoms with Gasteiger partial charge < -0.3 is 40.3 Å². The number of unbranched alkanes of at least 4 members (excludes halogenated alkanes) is 58. The van der Waals surface area contributed by atoms with Crippen LogP contribution in [0.2, 0.25) is 0 Å². The van der Waals surface area contributed by atoms with Crippen LogP contribution in [0.5, 0.6) is 0 Å². The van der Waals surface area contributed by atoms with Crippen molar-refractivity contribution in [3.05, 3.63) is 0 Å². The van der Waals surface area contributed by atoms with Gasteiger partial charge in [0.2, 0.25) is 5.91 Å². The fourth-order valence-electron chi connectivity index (χ4n) is 12.8. The first-order valence-corrected chi connectivity index (χ1v) is 37.7. The van der Waals surface area contributed by atoms with Gasteiger partial charge >= 0.3 is 0 Å². The maximum atomic E-state index is 13.2. The topological polar surface area (TPSA) is 149 Å². The molecular weight excluding hydrogens is 1030 g/mol. The Morgan fingerprint density at radius 2 is 0.602 bits per heavy atom.